The Kier molecular flexibility index (Phi) is 4.94. The topological polar surface area (TPSA) is 9.23 Å². The van der Waals surface area contributed by atoms with Crippen LogP contribution in [0.2, 0.25) is 0 Å². The zero-order valence-corrected chi connectivity index (χ0v) is 14.5. The SMILES string of the molecule is COc1ccc(/C(=C(/Br)c2ccccc2)c2ccccc2)cc1. The van der Waals surface area contributed by atoms with Crippen LogP contribution in [0.4, 0.5) is 0 Å². The fourth-order valence-corrected chi connectivity index (χ4v) is 3.23. The Morgan fingerprint density at radius 3 is 1.65 bits per heavy atom. The molecule has 0 radical (unpaired) electrons. The van der Waals surface area contributed by atoms with Crippen LogP contribution in [-0.2, 0) is 0 Å². The quantitative estimate of drug-likeness (QED) is 0.515. The van der Waals surface area contributed by atoms with Gasteiger partial charge in [0.15, 0.2) is 0 Å². The van der Waals surface area contributed by atoms with E-state index in [2.05, 4.69) is 64.5 Å². The van der Waals surface area contributed by atoms with Crippen molar-refractivity contribution in [2.45, 2.75) is 0 Å². The highest BCUT2D eigenvalue weighted by Crippen LogP contribution is 2.36. The van der Waals surface area contributed by atoms with Gasteiger partial charge < -0.3 is 4.74 Å². The first-order valence-corrected chi connectivity index (χ1v) is 8.24. The molecule has 0 saturated heterocycles. The van der Waals surface area contributed by atoms with E-state index in [0.29, 0.717) is 0 Å². The van der Waals surface area contributed by atoms with Gasteiger partial charge in [-0.1, -0.05) is 72.8 Å². The Bertz CT molecular complexity index is 790. The number of hydrogen-bond acceptors (Lipinski definition) is 1. The summed E-state index contributed by atoms with van der Waals surface area (Å²) in [5.41, 5.74) is 4.64. The number of benzene rings is 3. The van der Waals surface area contributed by atoms with Gasteiger partial charge in [0.2, 0.25) is 0 Å². The molecule has 114 valence electrons. The molecule has 0 unspecified atom stereocenters. The zero-order valence-electron chi connectivity index (χ0n) is 12.9. The fraction of sp³-hybridized carbons (Fsp3) is 0.0476. The van der Waals surface area contributed by atoms with Gasteiger partial charge in [-0.05, 0) is 44.8 Å². The monoisotopic (exact) mass is 364 g/mol. The summed E-state index contributed by atoms with van der Waals surface area (Å²) >= 11 is 3.81. The van der Waals surface area contributed by atoms with E-state index in [1.165, 1.54) is 11.1 Å². The molecule has 3 aromatic rings. The Labute approximate surface area is 145 Å². The van der Waals surface area contributed by atoms with Crippen LogP contribution in [-0.4, -0.2) is 7.11 Å². The predicted octanol–water partition coefficient (Wildman–Crippen LogP) is 6.01. The third kappa shape index (κ3) is 3.54. The number of ether oxygens (including phenoxy) is 1. The second-order valence-corrected chi connectivity index (χ2v) is 5.94. The summed E-state index contributed by atoms with van der Waals surface area (Å²) in [6.45, 7) is 0. The Hall–Kier alpha value is -2.32. The van der Waals surface area contributed by atoms with Crippen LogP contribution < -0.4 is 4.74 Å². The summed E-state index contributed by atoms with van der Waals surface area (Å²) in [6.07, 6.45) is 0. The van der Waals surface area contributed by atoms with Crippen LogP contribution in [0.1, 0.15) is 16.7 Å². The second-order valence-electron chi connectivity index (χ2n) is 5.15. The van der Waals surface area contributed by atoms with Crippen molar-refractivity contribution in [3.05, 3.63) is 102 Å². The lowest BCUT2D eigenvalue weighted by molar-refractivity contribution is 0.415. The average molecular weight is 365 g/mol. The summed E-state index contributed by atoms with van der Waals surface area (Å²) < 4.78 is 6.35. The Morgan fingerprint density at radius 1 is 0.652 bits per heavy atom. The van der Waals surface area contributed by atoms with Gasteiger partial charge in [-0.2, -0.15) is 0 Å². The van der Waals surface area contributed by atoms with Crippen molar-refractivity contribution >= 4 is 26.0 Å². The van der Waals surface area contributed by atoms with Gasteiger partial charge >= 0.3 is 0 Å². The average Bonchev–Trinajstić information content (AvgIpc) is 2.64. The highest BCUT2D eigenvalue weighted by Gasteiger charge is 2.11. The molecule has 0 aliphatic rings. The highest BCUT2D eigenvalue weighted by molar-refractivity contribution is 9.15. The summed E-state index contributed by atoms with van der Waals surface area (Å²) in [6, 6.07) is 28.9. The minimum absolute atomic E-state index is 0.858. The maximum atomic E-state index is 5.27. The maximum absolute atomic E-state index is 5.27. The lowest BCUT2D eigenvalue weighted by atomic mass is 9.95. The highest BCUT2D eigenvalue weighted by atomic mass is 79.9. The molecule has 0 bridgehead atoms. The van der Waals surface area contributed by atoms with E-state index in [1.54, 1.807) is 7.11 Å². The molecule has 0 aliphatic heterocycles. The number of methoxy groups -OCH3 is 1. The molecule has 0 spiro atoms. The van der Waals surface area contributed by atoms with Crippen molar-refractivity contribution < 1.29 is 4.74 Å². The summed E-state index contributed by atoms with van der Waals surface area (Å²) in [5.74, 6) is 0.858. The predicted molar refractivity (Wildman–Crippen MR) is 101 cm³/mol. The van der Waals surface area contributed by atoms with Gasteiger partial charge in [-0.25, -0.2) is 0 Å². The summed E-state index contributed by atoms with van der Waals surface area (Å²) in [5, 5.41) is 0. The van der Waals surface area contributed by atoms with Crippen molar-refractivity contribution in [2.24, 2.45) is 0 Å². The van der Waals surface area contributed by atoms with Gasteiger partial charge in [-0.15, -0.1) is 0 Å². The minimum Gasteiger partial charge on any atom is -0.497 e. The van der Waals surface area contributed by atoms with Gasteiger partial charge in [0.1, 0.15) is 5.75 Å². The first kappa shape index (κ1) is 15.6. The third-order valence-corrected chi connectivity index (χ3v) is 4.54. The molecule has 3 rings (SSSR count). The van der Waals surface area contributed by atoms with E-state index in [-0.39, 0.29) is 0 Å². The van der Waals surface area contributed by atoms with Crippen LogP contribution in [0, 0.1) is 0 Å². The molecule has 2 heteroatoms. The van der Waals surface area contributed by atoms with E-state index >= 15 is 0 Å². The van der Waals surface area contributed by atoms with Crippen molar-refractivity contribution in [3.63, 3.8) is 0 Å². The lowest BCUT2D eigenvalue weighted by Gasteiger charge is -2.13. The van der Waals surface area contributed by atoms with Crippen molar-refractivity contribution in [3.8, 4) is 5.75 Å². The zero-order chi connectivity index (χ0) is 16.1. The van der Waals surface area contributed by atoms with Crippen LogP contribution in [0.25, 0.3) is 10.1 Å². The smallest absolute Gasteiger partial charge is 0.118 e. The standard InChI is InChI=1S/C21H17BrO/c1-23-19-14-12-17(13-15-19)20(16-8-4-2-5-9-16)21(22)18-10-6-3-7-11-18/h2-15H,1H3/b21-20+. The summed E-state index contributed by atoms with van der Waals surface area (Å²) in [4.78, 5) is 0. The molecule has 0 fully saturated rings. The van der Waals surface area contributed by atoms with Crippen LogP contribution in [0.15, 0.2) is 84.9 Å². The van der Waals surface area contributed by atoms with Crippen molar-refractivity contribution in [2.75, 3.05) is 7.11 Å². The van der Waals surface area contributed by atoms with Gasteiger partial charge in [0.25, 0.3) is 0 Å². The largest absolute Gasteiger partial charge is 0.497 e. The molecular formula is C21H17BrO. The number of halogens is 1. The lowest BCUT2D eigenvalue weighted by Crippen LogP contribution is -1.92. The van der Waals surface area contributed by atoms with Gasteiger partial charge in [0.05, 0.1) is 7.11 Å². The molecule has 23 heavy (non-hydrogen) atoms. The van der Waals surface area contributed by atoms with Crippen LogP contribution >= 0.6 is 15.9 Å². The first-order valence-electron chi connectivity index (χ1n) is 7.44. The molecule has 1 nitrogen and oxygen atoms in total. The second kappa shape index (κ2) is 7.30. The van der Waals surface area contributed by atoms with Gasteiger partial charge in [-0.3, -0.25) is 0 Å². The number of hydrogen-bond donors (Lipinski definition) is 0. The summed E-state index contributed by atoms with van der Waals surface area (Å²) in [7, 11) is 1.68. The molecule has 3 aromatic carbocycles. The van der Waals surface area contributed by atoms with E-state index in [9.17, 15) is 0 Å². The molecule has 0 N–H and O–H groups in total. The van der Waals surface area contributed by atoms with Crippen LogP contribution in [0.5, 0.6) is 5.75 Å². The first-order chi connectivity index (χ1) is 11.3. The maximum Gasteiger partial charge on any atom is 0.118 e. The molecular weight excluding hydrogens is 348 g/mol. The molecule has 0 aliphatic carbocycles. The molecule has 0 heterocycles. The number of rotatable bonds is 4. The third-order valence-electron chi connectivity index (χ3n) is 3.69. The minimum atomic E-state index is 0.858. The Balaban J connectivity index is 2.18. The van der Waals surface area contributed by atoms with E-state index in [1.807, 2.05) is 36.4 Å². The molecule has 0 aromatic heterocycles. The van der Waals surface area contributed by atoms with Gasteiger partial charge in [0, 0.05) is 10.1 Å². The van der Waals surface area contributed by atoms with Crippen LogP contribution in [0.3, 0.4) is 0 Å². The van der Waals surface area contributed by atoms with E-state index < -0.39 is 0 Å². The molecule has 0 atom stereocenters. The van der Waals surface area contributed by atoms with E-state index in [4.69, 9.17) is 4.74 Å². The van der Waals surface area contributed by atoms with Crippen molar-refractivity contribution in [1.29, 1.82) is 0 Å². The van der Waals surface area contributed by atoms with Crippen molar-refractivity contribution in [1.82, 2.24) is 0 Å². The Morgan fingerprint density at radius 2 is 1.13 bits per heavy atom. The normalized spacial score (nSPS) is 11.7. The fourth-order valence-electron chi connectivity index (χ4n) is 2.51. The molecule has 0 amide bonds. The van der Waals surface area contributed by atoms with E-state index in [0.717, 1.165) is 21.4 Å². The molecule has 0 saturated carbocycles.